The van der Waals surface area contributed by atoms with Gasteiger partial charge < -0.3 is 10.6 Å². The zero-order valence-electron chi connectivity index (χ0n) is 12.6. The zero-order valence-corrected chi connectivity index (χ0v) is 13.4. The van der Waals surface area contributed by atoms with Gasteiger partial charge in [0.1, 0.15) is 0 Å². The molecule has 6 nitrogen and oxygen atoms in total. The molecular formula is C15H16N6S. The van der Waals surface area contributed by atoms with Crippen LogP contribution >= 0.6 is 11.3 Å². The summed E-state index contributed by atoms with van der Waals surface area (Å²) in [4.78, 5) is 18.6. The lowest BCUT2D eigenvalue weighted by atomic mass is 10.3. The summed E-state index contributed by atoms with van der Waals surface area (Å²) >= 11 is 1.58. The van der Waals surface area contributed by atoms with Crippen molar-refractivity contribution in [2.75, 3.05) is 17.7 Å². The molecule has 0 amide bonds. The molecule has 0 fully saturated rings. The van der Waals surface area contributed by atoms with E-state index in [1.54, 1.807) is 23.7 Å². The maximum Gasteiger partial charge on any atom is 0.227 e. The van der Waals surface area contributed by atoms with Crippen LogP contribution in [0.25, 0.3) is 10.6 Å². The van der Waals surface area contributed by atoms with Crippen LogP contribution in [0.4, 0.5) is 16.8 Å². The number of anilines is 3. The van der Waals surface area contributed by atoms with E-state index in [0.29, 0.717) is 5.95 Å². The molecule has 0 aliphatic heterocycles. The van der Waals surface area contributed by atoms with Crippen molar-refractivity contribution in [3.63, 3.8) is 0 Å². The summed E-state index contributed by atoms with van der Waals surface area (Å²) in [6.07, 6.45) is 3.51. The Labute approximate surface area is 132 Å². The highest BCUT2D eigenvalue weighted by atomic mass is 32.1. The number of nitrogens with one attached hydrogen (secondary N) is 2. The molecular weight excluding hydrogens is 296 g/mol. The second kappa shape index (κ2) is 6.07. The maximum atomic E-state index is 4.56. The number of rotatable bonds is 4. The van der Waals surface area contributed by atoms with Gasteiger partial charge in [0.15, 0.2) is 5.13 Å². The Morgan fingerprint density at radius 1 is 1.05 bits per heavy atom. The molecule has 0 spiro atoms. The van der Waals surface area contributed by atoms with E-state index in [4.69, 9.17) is 0 Å². The molecule has 3 heterocycles. The molecule has 7 heteroatoms. The fourth-order valence-electron chi connectivity index (χ4n) is 1.96. The van der Waals surface area contributed by atoms with Crippen LogP contribution in [-0.4, -0.2) is 27.0 Å². The number of hydrogen-bond donors (Lipinski definition) is 2. The fraction of sp³-hybridized carbons (Fsp3) is 0.200. The molecule has 0 atom stereocenters. The zero-order chi connectivity index (χ0) is 15.5. The van der Waals surface area contributed by atoms with Gasteiger partial charge in [0.25, 0.3) is 0 Å². The molecule has 0 bridgehead atoms. The first-order valence-corrected chi connectivity index (χ1v) is 7.65. The van der Waals surface area contributed by atoms with E-state index >= 15 is 0 Å². The predicted molar refractivity (Wildman–Crippen MR) is 89.7 cm³/mol. The Morgan fingerprint density at radius 3 is 2.59 bits per heavy atom. The van der Waals surface area contributed by atoms with Gasteiger partial charge in [0, 0.05) is 18.9 Å². The average molecular weight is 312 g/mol. The molecule has 0 unspecified atom stereocenters. The van der Waals surface area contributed by atoms with Crippen molar-refractivity contribution in [3.8, 4) is 10.6 Å². The first-order valence-electron chi connectivity index (χ1n) is 6.84. The average Bonchev–Trinajstić information content (AvgIpc) is 2.91. The van der Waals surface area contributed by atoms with Crippen molar-refractivity contribution >= 4 is 28.1 Å². The topological polar surface area (TPSA) is 75.6 Å². The highest BCUT2D eigenvalue weighted by Gasteiger charge is 2.11. The summed E-state index contributed by atoms with van der Waals surface area (Å²) in [6.45, 7) is 3.93. The summed E-state index contributed by atoms with van der Waals surface area (Å²) in [5, 5.41) is 7.10. The van der Waals surface area contributed by atoms with E-state index in [9.17, 15) is 0 Å². The Morgan fingerprint density at radius 2 is 1.91 bits per heavy atom. The van der Waals surface area contributed by atoms with Crippen molar-refractivity contribution in [2.24, 2.45) is 0 Å². The Bertz CT molecular complexity index is 781. The summed E-state index contributed by atoms with van der Waals surface area (Å²) in [7, 11) is 1.86. The summed E-state index contributed by atoms with van der Waals surface area (Å²) < 4.78 is 0. The third-order valence-corrected chi connectivity index (χ3v) is 4.26. The van der Waals surface area contributed by atoms with E-state index in [1.165, 1.54) is 0 Å². The molecule has 2 N–H and O–H groups in total. The number of thiazole rings is 1. The Hall–Kier alpha value is -2.54. The number of pyridine rings is 1. The lowest BCUT2D eigenvalue weighted by Gasteiger charge is -2.05. The van der Waals surface area contributed by atoms with Gasteiger partial charge in [-0.2, -0.15) is 0 Å². The van der Waals surface area contributed by atoms with Gasteiger partial charge in [-0.3, -0.25) is 4.98 Å². The highest BCUT2D eigenvalue weighted by Crippen LogP contribution is 2.31. The fourth-order valence-corrected chi connectivity index (χ4v) is 2.85. The van der Waals surface area contributed by atoms with Crippen molar-refractivity contribution in [3.05, 3.63) is 42.0 Å². The minimum Gasteiger partial charge on any atom is -0.365 e. The van der Waals surface area contributed by atoms with Gasteiger partial charge in [-0.1, -0.05) is 11.3 Å². The van der Waals surface area contributed by atoms with E-state index < -0.39 is 0 Å². The largest absolute Gasteiger partial charge is 0.365 e. The molecule has 0 radical (unpaired) electrons. The van der Waals surface area contributed by atoms with Crippen LogP contribution in [0.15, 0.2) is 30.6 Å². The van der Waals surface area contributed by atoms with Crippen LogP contribution in [0.3, 0.4) is 0 Å². The van der Waals surface area contributed by atoms with Crippen LogP contribution in [0.1, 0.15) is 11.4 Å². The minimum absolute atomic E-state index is 0.543. The van der Waals surface area contributed by atoms with Crippen LogP contribution in [0.2, 0.25) is 0 Å². The third-order valence-electron chi connectivity index (χ3n) is 3.07. The molecule has 0 aromatic carbocycles. The monoisotopic (exact) mass is 312 g/mol. The molecule has 3 aromatic heterocycles. The highest BCUT2D eigenvalue weighted by molar-refractivity contribution is 7.19. The van der Waals surface area contributed by atoms with Gasteiger partial charge in [-0.25, -0.2) is 15.0 Å². The molecule has 3 aromatic rings. The van der Waals surface area contributed by atoms with Gasteiger partial charge in [0.2, 0.25) is 5.95 Å². The summed E-state index contributed by atoms with van der Waals surface area (Å²) in [6, 6.07) is 5.78. The van der Waals surface area contributed by atoms with Crippen LogP contribution in [-0.2, 0) is 0 Å². The molecule has 0 aliphatic rings. The van der Waals surface area contributed by atoms with Gasteiger partial charge in [-0.05, 0) is 32.0 Å². The normalized spacial score (nSPS) is 10.5. The van der Waals surface area contributed by atoms with Crippen LogP contribution in [0, 0.1) is 13.8 Å². The van der Waals surface area contributed by atoms with Crippen molar-refractivity contribution in [1.29, 1.82) is 0 Å². The lowest BCUT2D eigenvalue weighted by molar-refractivity contribution is 1.15. The number of aromatic nitrogens is 4. The molecule has 0 saturated carbocycles. The second-order valence-electron chi connectivity index (χ2n) is 4.76. The van der Waals surface area contributed by atoms with Gasteiger partial charge in [-0.15, -0.1) is 0 Å². The molecule has 112 valence electrons. The van der Waals surface area contributed by atoms with E-state index in [-0.39, 0.29) is 0 Å². The lowest BCUT2D eigenvalue weighted by Crippen LogP contribution is -1.98. The number of hydrogen-bond acceptors (Lipinski definition) is 7. The van der Waals surface area contributed by atoms with Gasteiger partial charge >= 0.3 is 0 Å². The third kappa shape index (κ3) is 3.04. The maximum absolute atomic E-state index is 4.56. The molecule has 22 heavy (non-hydrogen) atoms. The van der Waals surface area contributed by atoms with Crippen molar-refractivity contribution < 1.29 is 0 Å². The van der Waals surface area contributed by atoms with Gasteiger partial charge in [0.05, 0.1) is 28.1 Å². The van der Waals surface area contributed by atoms with Crippen LogP contribution < -0.4 is 10.6 Å². The van der Waals surface area contributed by atoms with Crippen molar-refractivity contribution in [1.82, 2.24) is 19.9 Å². The Kier molecular flexibility index (Phi) is 3.97. The quantitative estimate of drug-likeness (QED) is 0.769. The van der Waals surface area contributed by atoms with Crippen LogP contribution in [0.5, 0.6) is 0 Å². The van der Waals surface area contributed by atoms with E-state index in [0.717, 1.165) is 32.8 Å². The summed E-state index contributed by atoms with van der Waals surface area (Å²) in [5.41, 5.74) is 3.64. The molecule has 3 rings (SSSR count). The smallest absolute Gasteiger partial charge is 0.227 e. The second-order valence-corrected chi connectivity index (χ2v) is 5.76. The molecule has 0 aliphatic carbocycles. The Balaban J connectivity index is 1.88. The standard InChI is InChI=1S/C15H16N6S/c1-9-4-5-11(8-18-9)20-14-17-7-6-12(21-14)13-10(2)19-15(16-3)22-13/h4-8H,1-3H3,(H,16,19)(H,17,20,21). The molecule has 0 saturated heterocycles. The number of aryl methyl sites for hydroxylation is 2. The van der Waals surface area contributed by atoms with Crippen molar-refractivity contribution in [2.45, 2.75) is 13.8 Å². The summed E-state index contributed by atoms with van der Waals surface area (Å²) in [5.74, 6) is 0.543. The first-order chi connectivity index (χ1) is 10.7. The number of nitrogens with zero attached hydrogens (tertiary/aromatic N) is 4. The first kappa shape index (κ1) is 14.4. The van der Waals surface area contributed by atoms with E-state index in [2.05, 4.69) is 30.6 Å². The van der Waals surface area contributed by atoms with E-state index in [1.807, 2.05) is 39.1 Å². The minimum atomic E-state index is 0.543. The predicted octanol–water partition coefficient (Wildman–Crippen LogP) is 3.40. The SMILES string of the molecule is CNc1nc(C)c(-c2ccnc(Nc3ccc(C)nc3)n2)s1.